The Morgan fingerprint density at radius 2 is 1.26 bits per heavy atom. The Bertz CT molecular complexity index is 977. The highest BCUT2D eigenvalue weighted by Gasteiger charge is 2.30. The Balaban J connectivity index is 1.33. The predicted molar refractivity (Wildman–Crippen MR) is 124 cm³/mol. The molecule has 34 heavy (non-hydrogen) atoms. The van der Waals surface area contributed by atoms with Crippen molar-refractivity contribution >= 4 is 0 Å². The third-order valence-corrected chi connectivity index (χ3v) is 7.94. The molecule has 2 aromatic rings. The van der Waals surface area contributed by atoms with Crippen LogP contribution in [0.3, 0.4) is 0 Å². The molecule has 0 aliphatic heterocycles. The van der Waals surface area contributed by atoms with Gasteiger partial charge in [-0.15, -0.1) is 0 Å². The van der Waals surface area contributed by atoms with E-state index < -0.39 is 23.3 Å². The van der Waals surface area contributed by atoms with Crippen LogP contribution in [-0.4, -0.2) is 13.2 Å². The molecule has 6 heteroatoms. The first-order chi connectivity index (χ1) is 16.4. The zero-order chi connectivity index (χ0) is 24.2. The average molecular weight is 479 g/mol. The molecular formula is C28H34F4O2. The van der Waals surface area contributed by atoms with E-state index in [0.29, 0.717) is 42.7 Å². The van der Waals surface area contributed by atoms with E-state index in [-0.39, 0.29) is 35.9 Å². The highest BCUT2D eigenvalue weighted by Crippen LogP contribution is 2.41. The number of hydrogen-bond acceptors (Lipinski definition) is 2. The largest absolute Gasteiger partial charge is 0.494 e. The van der Waals surface area contributed by atoms with Crippen LogP contribution in [0.4, 0.5) is 17.6 Å². The molecule has 0 spiro atoms. The summed E-state index contributed by atoms with van der Waals surface area (Å²) >= 11 is 0. The Morgan fingerprint density at radius 1 is 0.706 bits per heavy atom. The SMILES string of the molecule is CCC1CCC(c2ccc(C3CCC(OCc4ccc(OC)c(F)c4F)CC3)c(F)c2F)CC1. The van der Waals surface area contributed by atoms with E-state index in [2.05, 4.69) is 6.92 Å². The van der Waals surface area contributed by atoms with Crippen LogP contribution in [0.25, 0.3) is 0 Å². The van der Waals surface area contributed by atoms with E-state index >= 15 is 8.78 Å². The first kappa shape index (κ1) is 25.0. The van der Waals surface area contributed by atoms with Gasteiger partial charge in [-0.1, -0.05) is 25.5 Å². The highest BCUT2D eigenvalue weighted by atomic mass is 19.2. The number of hydrogen-bond donors (Lipinski definition) is 0. The van der Waals surface area contributed by atoms with Crippen LogP contribution in [0.15, 0.2) is 24.3 Å². The molecule has 0 atom stereocenters. The zero-order valence-electron chi connectivity index (χ0n) is 20.0. The number of benzene rings is 2. The first-order valence-electron chi connectivity index (χ1n) is 12.5. The molecule has 2 aliphatic carbocycles. The van der Waals surface area contributed by atoms with Crippen molar-refractivity contribution < 1.29 is 27.0 Å². The molecule has 186 valence electrons. The quantitative estimate of drug-likeness (QED) is 0.374. The molecule has 0 N–H and O–H groups in total. The fourth-order valence-corrected chi connectivity index (χ4v) is 5.68. The highest BCUT2D eigenvalue weighted by molar-refractivity contribution is 5.32. The van der Waals surface area contributed by atoms with Crippen molar-refractivity contribution in [3.05, 3.63) is 64.2 Å². The number of halogens is 4. The minimum absolute atomic E-state index is 0.0416. The maximum Gasteiger partial charge on any atom is 0.200 e. The van der Waals surface area contributed by atoms with E-state index in [4.69, 9.17) is 9.47 Å². The number of rotatable bonds is 7. The third kappa shape index (κ3) is 5.27. The molecule has 2 aliphatic rings. The van der Waals surface area contributed by atoms with Gasteiger partial charge in [0.05, 0.1) is 19.8 Å². The van der Waals surface area contributed by atoms with Crippen molar-refractivity contribution in [3.63, 3.8) is 0 Å². The van der Waals surface area contributed by atoms with Crippen LogP contribution >= 0.6 is 0 Å². The Hall–Kier alpha value is -2.08. The van der Waals surface area contributed by atoms with Gasteiger partial charge in [-0.25, -0.2) is 13.2 Å². The van der Waals surface area contributed by atoms with Gasteiger partial charge < -0.3 is 9.47 Å². The van der Waals surface area contributed by atoms with Gasteiger partial charge >= 0.3 is 0 Å². The van der Waals surface area contributed by atoms with E-state index in [1.54, 1.807) is 12.1 Å². The van der Waals surface area contributed by atoms with Crippen LogP contribution in [0, 0.1) is 29.2 Å². The van der Waals surface area contributed by atoms with Crippen molar-refractivity contribution in [2.24, 2.45) is 5.92 Å². The molecule has 2 aromatic carbocycles. The maximum atomic E-state index is 15.1. The number of ether oxygens (including phenoxy) is 2. The van der Waals surface area contributed by atoms with Crippen LogP contribution in [0.1, 0.15) is 93.2 Å². The van der Waals surface area contributed by atoms with Crippen molar-refractivity contribution in [3.8, 4) is 5.75 Å². The minimum Gasteiger partial charge on any atom is -0.494 e. The van der Waals surface area contributed by atoms with Crippen molar-refractivity contribution in [2.45, 2.75) is 89.3 Å². The van der Waals surface area contributed by atoms with Gasteiger partial charge in [-0.3, -0.25) is 0 Å². The molecule has 0 heterocycles. The normalized spacial score (nSPS) is 25.4. The molecule has 2 nitrogen and oxygen atoms in total. The second-order valence-electron chi connectivity index (χ2n) is 9.84. The lowest BCUT2D eigenvalue weighted by Gasteiger charge is -2.31. The fraction of sp³-hybridized carbons (Fsp3) is 0.571. The second kappa shape index (κ2) is 11.1. The Labute approximate surface area is 199 Å². The summed E-state index contributed by atoms with van der Waals surface area (Å²) in [5.74, 6) is -2.74. The van der Waals surface area contributed by atoms with E-state index in [1.807, 2.05) is 0 Å². The molecule has 0 unspecified atom stereocenters. The van der Waals surface area contributed by atoms with Gasteiger partial charge in [0.15, 0.2) is 23.2 Å². The Morgan fingerprint density at radius 3 is 1.79 bits per heavy atom. The lowest BCUT2D eigenvalue weighted by molar-refractivity contribution is 0.0116. The van der Waals surface area contributed by atoms with E-state index in [1.165, 1.54) is 19.2 Å². The molecule has 0 aromatic heterocycles. The molecule has 0 radical (unpaired) electrons. The summed E-state index contributed by atoms with van der Waals surface area (Å²) in [5.41, 5.74) is 1.11. The van der Waals surface area contributed by atoms with Crippen molar-refractivity contribution in [1.29, 1.82) is 0 Å². The average Bonchev–Trinajstić information content (AvgIpc) is 2.87. The molecule has 0 bridgehead atoms. The summed E-state index contributed by atoms with van der Waals surface area (Å²) in [6.07, 6.45) is 7.71. The third-order valence-electron chi connectivity index (χ3n) is 7.94. The summed E-state index contributed by atoms with van der Waals surface area (Å²) in [6.45, 7) is 2.15. The molecule has 2 saturated carbocycles. The van der Waals surface area contributed by atoms with Gasteiger partial charge in [0.2, 0.25) is 5.82 Å². The summed E-state index contributed by atoms with van der Waals surface area (Å²) in [7, 11) is 1.28. The van der Waals surface area contributed by atoms with Gasteiger partial charge in [-0.2, -0.15) is 4.39 Å². The van der Waals surface area contributed by atoms with Crippen molar-refractivity contribution in [1.82, 2.24) is 0 Å². The molecule has 2 fully saturated rings. The maximum absolute atomic E-state index is 15.1. The second-order valence-corrected chi connectivity index (χ2v) is 9.84. The van der Waals surface area contributed by atoms with Crippen LogP contribution in [0.2, 0.25) is 0 Å². The summed E-state index contributed by atoms with van der Waals surface area (Å²) in [4.78, 5) is 0. The molecular weight excluding hydrogens is 444 g/mol. The van der Waals surface area contributed by atoms with Crippen LogP contribution in [0.5, 0.6) is 5.75 Å². The summed E-state index contributed by atoms with van der Waals surface area (Å²) in [5, 5.41) is 0. The smallest absolute Gasteiger partial charge is 0.200 e. The summed E-state index contributed by atoms with van der Waals surface area (Å²) in [6, 6.07) is 6.41. The zero-order valence-corrected chi connectivity index (χ0v) is 20.0. The topological polar surface area (TPSA) is 18.5 Å². The minimum atomic E-state index is -1.02. The molecule has 0 amide bonds. The first-order valence-corrected chi connectivity index (χ1v) is 12.5. The van der Waals surface area contributed by atoms with Gasteiger partial charge in [0.25, 0.3) is 0 Å². The fourth-order valence-electron chi connectivity index (χ4n) is 5.68. The van der Waals surface area contributed by atoms with Gasteiger partial charge in [0.1, 0.15) is 0 Å². The standard InChI is InChI=1S/C28H34F4O2/c1-3-17-4-6-18(7-5-17)22-13-14-23(27(31)26(22)30)19-8-11-21(12-9-19)34-16-20-10-15-24(33-2)28(32)25(20)29/h10,13-15,17-19,21H,3-9,11-12,16H2,1-2H3. The van der Waals surface area contributed by atoms with Crippen molar-refractivity contribution in [2.75, 3.05) is 7.11 Å². The lowest BCUT2D eigenvalue weighted by Crippen LogP contribution is -2.22. The van der Waals surface area contributed by atoms with Gasteiger partial charge in [0, 0.05) is 5.56 Å². The predicted octanol–water partition coefficient (Wildman–Crippen LogP) is 8.18. The van der Waals surface area contributed by atoms with E-state index in [0.717, 1.165) is 32.1 Å². The van der Waals surface area contributed by atoms with E-state index in [9.17, 15) is 8.78 Å². The lowest BCUT2D eigenvalue weighted by atomic mass is 9.76. The Kier molecular flexibility index (Phi) is 8.18. The molecule has 4 rings (SSSR count). The summed E-state index contributed by atoms with van der Waals surface area (Å²) < 4.78 is 68.7. The molecule has 0 saturated heterocycles. The number of methoxy groups -OCH3 is 1. The van der Waals surface area contributed by atoms with Crippen LogP contribution in [-0.2, 0) is 11.3 Å². The van der Waals surface area contributed by atoms with Gasteiger partial charge in [-0.05, 0) is 92.4 Å². The van der Waals surface area contributed by atoms with Crippen LogP contribution < -0.4 is 4.74 Å². The monoisotopic (exact) mass is 478 g/mol.